The quantitative estimate of drug-likeness (QED) is 0.635. The summed E-state index contributed by atoms with van der Waals surface area (Å²) in [6.45, 7) is 3.91. The number of benzene rings is 2. The second-order valence-electron chi connectivity index (χ2n) is 7.03. The van der Waals surface area contributed by atoms with Crippen molar-refractivity contribution in [3.8, 4) is 0 Å². The van der Waals surface area contributed by atoms with E-state index in [4.69, 9.17) is 12.2 Å². The number of rotatable bonds is 8. The average molecular weight is 419 g/mol. The number of carbonyl (C=O) groups is 1. The van der Waals surface area contributed by atoms with Crippen molar-refractivity contribution in [3.05, 3.63) is 60.2 Å². The Bertz CT molecular complexity index is 893. The standard InChI is InChI=1S/C21H26N2O3S2/c1-16(2)15-20(24)23-21(27)22-18-10-12-19(13-11-18)28(25,26)14-6-9-17-7-4-3-5-8-17/h3-5,7-8,10-13,16H,6,9,14-15H2,1-2H3,(H2,22,23,24,27). The van der Waals surface area contributed by atoms with Crippen LogP contribution in [0.1, 0.15) is 32.3 Å². The van der Waals surface area contributed by atoms with Gasteiger partial charge in [-0.25, -0.2) is 8.42 Å². The molecule has 7 heteroatoms. The first kappa shape index (κ1) is 22.0. The first-order valence-electron chi connectivity index (χ1n) is 9.24. The minimum atomic E-state index is -3.34. The number of carbonyl (C=O) groups excluding carboxylic acids is 1. The lowest BCUT2D eigenvalue weighted by molar-refractivity contribution is -0.120. The molecule has 28 heavy (non-hydrogen) atoms. The van der Waals surface area contributed by atoms with Gasteiger partial charge in [-0.05, 0) is 60.8 Å². The van der Waals surface area contributed by atoms with Crippen LogP contribution in [0.5, 0.6) is 0 Å². The van der Waals surface area contributed by atoms with Gasteiger partial charge in [0.1, 0.15) is 0 Å². The lowest BCUT2D eigenvalue weighted by atomic mass is 10.1. The van der Waals surface area contributed by atoms with E-state index in [1.54, 1.807) is 24.3 Å². The Morgan fingerprint density at radius 2 is 1.68 bits per heavy atom. The van der Waals surface area contributed by atoms with Crippen molar-refractivity contribution in [2.45, 2.75) is 38.0 Å². The predicted octanol–water partition coefficient (Wildman–Crippen LogP) is 3.95. The molecule has 0 aromatic heterocycles. The molecule has 0 spiro atoms. The Hall–Kier alpha value is -2.25. The molecular weight excluding hydrogens is 392 g/mol. The summed E-state index contributed by atoms with van der Waals surface area (Å²) in [4.78, 5) is 12.0. The van der Waals surface area contributed by atoms with E-state index in [1.165, 1.54) is 0 Å². The van der Waals surface area contributed by atoms with Crippen LogP contribution in [0.15, 0.2) is 59.5 Å². The lowest BCUT2D eigenvalue weighted by Crippen LogP contribution is -2.34. The Morgan fingerprint density at radius 1 is 1.04 bits per heavy atom. The van der Waals surface area contributed by atoms with E-state index in [0.717, 1.165) is 12.0 Å². The SMILES string of the molecule is CC(C)CC(=O)NC(=S)Nc1ccc(S(=O)(=O)CCCc2ccccc2)cc1. The van der Waals surface area contributed by atoms with E-state index in [-0.39, 0.29) is 27.6 Å². The normalized spacial score (nSPS) is 11.2. The minimum absolute atomic E-state index is 0.0956. The highest BCUT2D eigenvalue weighted by Crippen LogP contribution is 2.17. The second kappa shape index (κ2) is 10.3. The van der Waals surface area contributed by atoms with E-state index < -0.39 is 9.84 Å². The highest BCUT2D eigenvalue weighted by atomic mass is 32.2. The molecular formula is C21H26N2O3S2. The maximum atomic E-state index is 12.5. The molecule has 2 rings (SSSR count). The zero-order chi connectivity index (χ0) is 20.6. The molecule has 0 aliphatic rings. The monoisotopic (exact) mass is 418 g/mol. The number of nitrogens with one attached hydrogen (secondary N) is 2. The fourth-order valence-corrected chi connectivity index (χ4v) is 4.23. The summed E-state index contributed by atoms with van der Waals surface area (Å²) in [5.74, 6) is 0.192. The van der Waals surface area contributed by atoms with Crippen molar-refractivity contribution >= 4 is 38.8 Å². The van der Waals surface area contributed by atoms with Gasteiger partial charge >= 0.3 is 0 Å². The summed E-state index contributed by atoms with van der Waals surface area (Å²) in [5, 5.41) is 5.70. The van der Waals surface area contributed by atoms with E-state index >= 15 is 0 Å². The van der Waals surface area contributed by atoms with E-state index in [2.05, 4.69) is 10.6 Å². The summed E-state index contributed by atoms with van der Waals surface area (Å²) in [5.41, 5.74) is 1.75. The Morgan fingerprint density at radius 3 is 2.29 bits per heavy atom. The molecule has 0 saturated heterocycles. The van der Waals surface area contributed by atoms with Gasteiger partial charge in [-0.1, -0.05) is 44.2 Å². The number of anilines is 1. The third kappa shape index (κ3) is 7.40. The molecule has 0 aliphatic heterocycles. The van der Waals surface area contributed by atoms with Crippen molar-refractivity contribution in [1.82, 2.24) is 5.32 Å². The van der Waals surface area contributed by atoms with Crippen LogP contribution in [0.3, 0.4) is 0 Å². The number of hydrogen-bond donors (Lipinski definition) is 2. The molecule has 5 nitrogen and oxygen atoms in total. The van der Waals surface area contributed by atoms with Crippen molar-refractivity contribution in [2.75, 3.05) is 11.1 Å². The fourth-order valence-electron chi connectivity index (χ4n) is 2.69. The molecule has 0 heterocycles. The molecule has 2 N–H and O–H groups in total. The van der Waals surface area contributed by atoms with Gasteiger partial charge in [0.05, 0.1) is 10.6 Å². The molecule has 0 radical (unpaired) electrons. The van der Waals surface area contributed by atoms with Crippen LogP contribution < -0.4 is 10.6 Å². The average Bonchev–Trinajstić information content (AvgIpc) is 2.62. The Kier molecular flexibility index (Phi) is 8.14. The van der Waals surface area contributed by atoms with E-state index in [9.17, 15) is 13.2 Å². The number of amides is 1. The van der Waals surface area contributed by atoms with Gasteiger partial charge in [0.15, 0.2) is 14.9 Å². The predicted molar refractivity (Wildman–Crippen MR) is 117 cm³/mol. The van der Waals surface area contributed by atoms with Gasteiger partial charge < -0.3 is 10.6 Å². The molecule has 2 aromatic carbocycles. The lowest BCUT2D eigenvalue weighted by Gasteiger charge is -2.11. The van der Waals surface area contributed by atoms with Crippen LogP contribution in [0.4, 0.5) is 5.69 Å². The third-order valence-corrected chi connectivity index (χ3v) is 6.06. The van der Waals surface area contributed by atoms with Crippen LogP contribution in [-0.4, -0.2) is 25.2 Å². The first-order chi connectivity index (χ1) is 13.3. The molecule has 0 bridgehead atoms. The molecule has 0 unspecified atom stereocenters. The molecule has 0 fully saturated rings. The Balaban J connectivity index is 1.88. The largest absolute Gasteiger partial charge is 0.332 e. The summed E-state index contributed by atoms with van der Waals surface area (Å²) >= 11 is 5.11. The summed E-state index contributed by atoms with van der Waals surface area (Å²) in [6, 6.07) is 16.2. The molecule has 2 aromatic rings. The molecule has 1 amide bonds. The number of sulfone groups is 1. The first-order valence-corrected chi connectivity index (χ1v) is 11.3. The van der Waals surface area contributed by atoms with Gasteiger partial charge in [0.25, 0.3) is 0 Å². The van der Waals surface area contributed by atoms with Gasteiger partial charge in [-0.3, -0.25) is 4.79 Å². The number of aryl methyl sites for hydroxylation is 1. The maximum absolute atomic E-state index is 12.5. The van der Waals surface area contributed by atoms with Crippen LogP contribution in [-0.2, 0) is 21.1 Å². The van der Waals surface area contributed by atoms with Gasteiger partial charge in [0.2, 0.25) is 5.91 Å². The zero-order valence-electron chi connectivity index (χ0n) is 16.1. The number of thiocarbonyl (C=S) groups is 1. The number of hydrogen-bond acceptors (Lipinski definition) is 4. The third-order valence-electron chi connectivity index (χ3n) is 4.04. The second-order valence-corrected chi connectivity index (χ2v) is 9.55. The van der Waals surface area contributed by atoms with Crippen molar-refractivity contribution in [3.63, 3.8) is 0 Å². The molecule has 0 atom stereocenters. The highest BCUT2D eigenvalue weighted by Gasteiger charge is 2.14. The fraction of sp³-hybridized carbons (Fsp3) is 0.333. The summed E-state index contributed by atoms with van der Waals surface area (Å²) in [6.07, 6.45) is 1.68. The smallest absolute Gasteiger partial charge is 0.226 e. The summed E-state index contributed by atoms with van der Waals surface area (Å²) in [7, 11) is -3.34. The van der Waals surface area contributed by atoms with E-state index in [0.29, 0.717) is 18.5 Å². The van der Waals surface area contributed by atoms with Crippen LogP contribution in [0.25, 0.3) is 0 Å². The molecule has 0 saturated carbocycles. The minimum Gasteiger partial charge on any atom is -0.332 e. The van der Waals surface area contributed by atoms with Crippen LogP contribution in [0, 0.1) is 5.92 Å². The van der Waals surface area contributed by atoms with Crippen molar-refractivity contribution in [1.29, 1.82) is 0 Å². The Labute approximate surface area is 172 Å². The van der Waals surface area contributed by atoms with Gasteiger partial charge in [0, 0.05) is 12.1 Å². The molecule has 150 valence electrons. The zero-order valence-corrected chi connectivity index (χ0v) is 17.8. The van der Waals surface area contributed by atoms with Crippen molar-refractivity contribution in [2.24, 2.45) is 5.92 Å². The van der Waals surface area contributed by atoms with Crippen LogP contribution >= 0.6 is 12.2 Å². The van der Waals surface area contributed by atoms with E-state index in [1.807, 2.05) is 44.2 Å². The summed E-state index contributed by atoms with van der Waals surface area (Å²) < 4.78 is 25.0. The topological polar surface area (TPSA) is 75.3 Å². The highest BCUT2D eigenvalue weighted by molar-refractivity contribution is 7.91. The molecule has 0 aliphatic carbocycles. The van der Waals surface area contributed by atoms with Crippen molar-refractivity contribution < 1.29 is 13.2 Å². The van der Waals surface area contributed by atoms with Gasteiger partial charge in [-0.2, -0.15) is 0 Å². The maximum Gasteiger partial charge on any atom is 0.226 e. The van der Waals surface area contributed by atoms with Gasteiger partial charge in [-0.15, -0.1) is 0 Å². The van der Waals surface area contributed by atoms with Crippen LogP contribution in [0.2, 0.25) is 0 Å².